The van der Waals surface area contributed by atoms with Crippen molar-refractivity contribution < 1.29 is 42.7 Å². The molecule has 3 aromatic carbocycles. The second-order valence-electron chi connectivity index (χ2n) is 11.1. The molecule has 0 radical (unpaired) electrons. The van der Waals surface area contributed by atoms with Crippen molar-refractivity contribution in [1.29, 1.82) is 0 Å². The number of nitrogens with zero attached hydrogens (tertiary/aromatic N) is 1. The molecule has 244 valence electrons. The van der Waals surface area contributed by atoms with Gasteiger partial charge in [0.05, 0.1) is 72.2 Å². The van der Waals surface area contributed by atoms with Crippen LogP contribution in [0.15, 0.2) is 42.5 Å². The summed E-state index contributed by atoms with van der Waals surface area (Å²) in [6.45, 7) is 8.86. The number of nitrogen functional groups attached to an aromatic ring is 1. The smallest absolute Gasteiger partial charge is 0.341 e. The lowest BCUT2D eigenvalue weighted by Gasteiger charge is -2.28. The van der Waals surface area contributed by atoms with Gasteiger partial charge in [-0.15, -0.1) is 0 Å². The van der Waals surface area contributed by atoms with E-state index in [0.717, 1.165) is 0 Å². The fourth-order valence-electron chi connectivity index (χ4n) is 4.43. The van der Waals surface area contributed by atoms with E-state index in [4.69, 9.17) is 38.9 Å². The van der Waals surface area contributed by atoms with Crippen molar-refractivity contribution in [3.8, 4) is 34.5 Å². The Bertz CT molecular complexity index is 1490. The number of ether oxygens (including phenoxy) is 7. The monoisotopic (exact) mass is 624 g/mol. The van der Waals surface area contributed by atoms with Crippen molar-refractivity contribution in [2.75, 3.05) is 59.4 Å². The molecule has 1 amide bonds. The number of hydrogen-bond acceptors (Lipinski definition) is 10. The Labute approximate surface area is 265 Å². The summed E-state index contributed by atoms with van der Waals surface area (Å²) in [6.07, 6.45) is 0. The zero-order chi connectivity index (χ0) is 33.3. The summed E-state index contributed by atoms with van der Waals surface area (Å²) >= 11 is 0. The van der Waals surface area contributed by atoms with Gasteiger partial charge in [0.2, 0.25) is 0 Å². The minimum atomic E-state index is -0.651. The van der Waals surface area contributed by atoms with Gasteiger partial charge in [-0.1, -0.05) is 27.7 Å². The van der Waals surface area contributed by atoms with Crippen LogP contribution in [0, 0.1) is 11.8 Å². The summed E-state index contributed by atoms with van der Waals surface area (Å²) < 4.78 is 39.3. The van der Waals surface area contributed by atoms with Gasteiger partial charge >= 0.3 is 5.97 Å². The molecule has 0 heterocycles. The summed E-state index contributed by atoms with van der Waals surface area (Å²) in [7, 11) is 7.24. The van der Waals surface area contributed by atoms with E-state index in [1.165, 1.54) is 45.5 Å². The molecule has 0 atom stereocenters. The van der Waals surface area contributed by atoms with Crippen molar-refractivity contribution in [2.24, 2.45) is 11.8 Å². The quantitative estimate of drug-likeness (QED) is 0.159. The number of benzene rings is 3. The first-order chi connectivity index (χ1) is 21.5. The average molecular weight is 625 g/mol. The number of anilines is 2. The molecule has 0 aliphatic rings. The molecule has 0 saturated carbocycles. The third-order valence-corrected chi connectivity index (χ3v) is 6.75. The van der Waals surface area contributed by atoms with Crippen LogP contribution in [0.25, 0.3) is 0 Å². The minimum Gasteiger partial charge on any atom is -0.497 e. The number of esters is 1. The first-order valence-corrected chi connectivity index (χ1v) is 14.5. The van der Waals surface area contributed by atoms with Crippen molar-refractivity contribution in [3.63, 3.8) is 0 Å². The molecule has 45 heavy (non-hydrogen) atoms. The van der Waals surface area contributed by atoms with Crippen molar-refractivity contribution in [3.05, 3.63) is 59.2 Å². The minimum absolute atomic E-state index is 0.00439. The molecule has 11 heteroatoms. The van der Waals surface area contributed by atoms with Gasteiger partial charge in [0.1, 0.15) is 40.1 Å². The fraction of sp³-hybridized carbons (Fsp3) is 0.412. The van der Waals surface area contributed by atoms with E-state index in [1.807, 2.05) is 27.7 Å². The number of hydrogen-bond donors (Lipinski definition) is 1. The number of nitrogens with two attached hydrogens (primary N) is 1. The van der Waals surface area contributed by atoms with Gasteiger partial charge in [0, 0.05) is 23.8 Å². The normalized spacial score (nSPS) is 10.8. The molecular formula is C34H44N2O9. The fourth-order valence-corrected chi connectivity index (χ4v) is 4.43. The molecule has 0 aromatic heterocycles. The molecule has 0 aliphatic heterocycles. The van der Waals surface area contributed by atoms with Gasteiger partial charge in [-0.2, -0.15) is 0 Å². The molecule has 2 N–H and O–H groups in total. The zero-order valence-corrected chi connectivity index (χ0v) is 27.5. The lowest BCUT2D eigenvalue weighted by Crippen LogP contribution is -2.32. The molecule has 11 nitrogen and oxygen atoms in total. The van der Waals surface area contributed by atoms with Crippen LogP contribution in [0.1, 0.15) is 54.0 Å². The number of amides is 1. The zero-order valence-electron chi connectivity index (χ0n) is 27.5. The SMILES string of the molecule is COC(=O)c1cc(N(Cc2ccc(OC)cc2OC)C(=O)c2cc(N)c(OCC(C)C)cc2OCC(C)C)c(OC)cc1OC. The van der Waals surface area contributed by atoms with Crippen LogP contribution in [0.2, 0.25) is 0 Å². The molecule has 0 unspecified atom stereocenters. The highest BCUT2D eigenvalue weighted by molar-refractivity contribution is 6.10. The van der Waals surface area contributed by atoms with Crippen molar-refractivity contribution in [2.45, 2.75) is 34.2 Å². The van der Waals surface area contributed by atoms with E-state index < -0.39 is 11.9 Å². The highest BCUT2D eigenvalue weighted by Gasteiger charge is 2.29. The standard InChI is InChI=1S/C34H44N2O9/c1-20(2)18-44-30-16-31(45-19-21(3)4)26(35)13-24(30)33(37)36(17-22-10-11-23(39-5)12-28(22)40-6)27-14-25(34(38)43-9)29(41-7)15-32(27)42-8/h10-16,20-21H,17-19,35H2,1-9H3. The molecular weight excluding hydrogens is 580 g/mol. The summed E-state index contributed by atoms with van der Waals surface area (Å²) in [5, 5.41) is 0. The molecule has 0 fully saturated rings. The second kappa shape index (κ2) is 15.8. The van der Waals surface area contributed by atoms with E-state index in [1.54, 1.807) is 37.4 Å². The first-order valence-electron chi connectivity index (χ1n) is 14.5. The maximum absolute atomic E-state index is 14.7. The Balaban J connectivity index is 2.29. The van der Waals surface area contributed by atoms with E-state index in [9.17, 15) is 9.59 Å². The molecule has 0 aliphatic carbocycles. The number of methoxy groups -OCH3 is 5. The Hall–Kier alpha value is -4.80. The third kappa shape index (κ3) is 8.43. The van der Waals surface area contributed by atoms with E-state index in [2.05, 4.69) is 0 Å². The summed E-state index contributed by atoms with van der Waals surface area (Å²) in [5.74, 6) is 1.57. The number of carbonyl (C=O) groups is 2. The van der Waals surface area contributed by atoms with Crippen LogP contribution < -0.4 is 39.1 Å². The van der Waals surface area contributed by atoms with Crippen molar-refractivity contribution in [1.82, 2.24) is 0 Å². The van der Waals surface area contributed by atoms with Crippen LogP contribution in [0.4, 0.5) is 11.4 Å². The molecule has 3 aromatic rings. The Morgan fingerprint density at radius 3 is 1.84 bits per heavy atom. The predicted octanol–water partition coefficient (Wildman–Crippen LogP) is 6.01. The predicted molar refractivity (Wildman–Crippen MR) is 172 cm³/mol. The maximum atomic E-state index is 14.7. The molecule has 3 rings (SSSR count). The largest absolute Gasteiger partial charge is 0.497 e. The third-order valence-electron chi connectivity index (χ3n) is 6.75. The van der Waals surface area contributed by atoms with Gasteiger partial charge in [-0.3, -0.25) is 4.79 Å². The molecule has 0 bridgehead atoms. The Morgan fingerprint density at radius 1 is 0.689 bits per heavy atom. The first kappa shape index (κ1) is 34.7. The van der Waals surface area contributed by atoms with Gasteiger partial charge in [-0.05, 0) is 36.1 Å². The van der Waals surface area contributed by atoms with E-state index >= 15 is 0 Å². The lowest BCUT2D eigenvalue weighted by molar-refractivity contribution is 0.0596. The van der Waals surface area contributed by atoms with Gasteiger partial charge in [-0.25, -0.2) is 4.79 Å². The molecule has 0 spiro atoms. The van der Waals surface area contributed by atoms with Crippen LogP contribution >= 0.6 is 0 Å². The van der Waals surface area contributed by atoms with Crippen LogP contribution in [0.3, 0.4) is 0 Å². The summed E-state index contributed by atoms with van der Waals surface area (Å²) in [5.41, 5.74) is 7.92. The number of carbonyl (C=O) groups excluding carboxylic acids is 2. The van der Waals surface area contributed by atoms with Crippen LogP contribution in [0.5, 0.6) is 34.5 Å². The van der Waals surface area contributed by atoms with Crippen LogP contribution in [-0.2, 0) is 11.3 Å². The summed E-state index contributed by atoms with van der Waals surface area (Å²) in [6, 6.07) is 11.5. The average Bonchev–Trinajstić information content (AvgIpc) is 3.04. The molecule has 0 saturated heterocycles. The second-order valence-corrected chi connectivity index (χ2v) is 11.1. The Kier molecular flexibility index (Phi) is 12.2. The lowest BCUT2D eigenvalue weighted by atomic mass is 10.1. The topological polar surface area (TPSA) is 128 Å². The van der Waals surface area contributed by atoms with Crippen molar-refractivity contribution >= 4 is 23.3 Å². The van der Waals surface area contributed by atoms with Gasteiger partial charge in [0.15, 0.2) is 0 Å². The van der Waals surface area contributed by atoms with Gasteiger partial charge < -0.3 is 43.8 Å². The maximum Gasteiger partial charge on any atom is 0.341 e. The van der Waals surface area contributed by atoms with E-state index in [-0.39, 0.29) is 52.4 Å². The van der Waals surface area contributed by atoms with E-state index in [0.29, 0.717) is 41.8 Å². The highest BCUT2D eigenvalue weighted by atomic mass is 16.5. The Morgan fingerprint density at radius 2 is 1.29 bits per heavy atom. The van der Waals surface area contributed by atoms with Gasteiger partial charge in [0.25, 0.3) is 5.91 Å². The number of rotatable bonds is 15. The highest BCUT2D eigenvalue weighted by Crippen LogP contribution is 2.40. The summed E-state index contributed by atoms with van der Waals surface area (Å²) in [4.78, 5) is 29.0. The van der Waals surface area contributed by atoms with Crippen LogP contribution in [-0.4, -0.2) is 60.6 Å².